The third kappa shape index (κ3) is 6.18. The molecular weight excluding hydrogens is 491 g/mol. The maximum Gasteiger partial charge on any atom is 0.216 e. The number of rotatable bonds is 5. The van der Waals surface area contributed by atoms with Gasteiger partial charge in [0.25, 0.3) is 0 Å². The number of pyridine rings is 1. The summed E-state index contributed by atoms with van der Waals surface area (Å²) >= 11 is 0. The molecule has 0 amide bonds. The number of hydrogen-bond acceptors (Lipinski definition) is 5. The molecular formula is C18H31IN6O2S. The monoisotopic (exact) mass is 522 g/mol. The van der Waals surface area contributed by atoms with Crippen molar-refractivity contribution >= 4 is 45.8 Å². The first-order valence-electron chi connectivity index (χ1n) is 9.64. The number of halogens is 1. The van der Waals surface area contributed by atoms with Gasteiger partial charge in [0.2, 0.25) is 10.0 Å². The van der Waals surface area contributed by atoms with Gasteiger partial charge in [0.1, 0.15) is 5.82 Å². The minimum atomic E-state index is -3.32. The normalized spacial score (nSPS) is 20.1. The van der Waals surface area contributed by atoms with E-state index in [0.29, 0.717) is 32.1 Å². The van der Waals surface area contributed by atoms with Crippen LogP contribution in [0.25, 0.3) is 0 Å². The highest BCUT2D eigenvalue weighted by atomic mass is 127. The third-order valence-electron chi connectivity index (χ3n) is 5.34. The van der Waals surface area contributed by atoms with Gasteiger partial charge in [-0.25, -0.2) is 13.4 Å². The van der Waals surface area contributed by atoms with Gasteiger partial charge in [-0.3, -0.25) is 4.99 Å². The van der Waals surface area contributed by atoms with E-state index in [2.05, 4.69) is 26.7 Å². The number of nitrogens with zero attached hydrogens (tertiary/aromatic N) is 5. The van der Waals surface area contributed by atoms with E-state index in [1.807, 2.05) is 18.2 Å². The van der Waals surface area contributed by atoms with Gasteiger partial charge >= 0.3 is 0 Å². The molecule has 2 saturated heterocycles. The van der Waals surface area contributed by atoms with Crippen molar-refractivity contribution in [1.29, 1.82) is 0 Å². The molecule has 2 fully saturated rings. The fourth-order valence-electron chi connectivity index (χ4n) is 3.48. The number of piperazine rings is 1. The fourth-order valence-corrected chi connectivity index (χ4v) is 4.78. The molecule has 2 N–H and O–H groups in total. The van der Waals surface area contributed by atoms with Crippen LogP contribution < -0.4 is 10.6 Å². The first kappa shape index (κ1) is 23.1. The van der Waals surface area contributed by atoms with Crippen molar-refractivity contribution in [3.8, 4) is 0 Å². The lowest BCUT2D eigenvalue weighted by molar-refractivity contribution is 0.278. The maximum absolute atomic E-state index is 12.6. The minimum Gasteiger partial charge on any atom is -0.370 e. The van der Waals surface area contributed by atoms with Crippen molar-refractivity contribution in [2.45, 2.75) is 19.8 Å². The van der Waals surface area contributed by atoms with Gasteiger partial charge in [-0.1, -0.05) is 13.0 Å². The van der Waals surface area contributed by atoms with Gasteiger partial charge in [0.15, 0.2) is 5.96 Å². The average molecular weight is 522 g/mol. The summed E-state index contributed by atoms with van der Waals surface area (Å²) in [6.45, 7) is 6.49. The molecule has 1 aromatic heterocycles. The molecule has 3 rings (SSSR count). The Balaban J connectivity index is 0.00000280. The fraction of sp³-hybridized carbons (Fsp3) is 0.667. The van der Waals surface area contributed by atoms with Crippen LogP contribution in [0.3, 0.4) is 0 Å². The van der Waals surface area contributed by atoms with Crippen LogP contribution in [0.5, 0.6) is 0 Å². The molecule has 158 valence electrons. The highest BCUT2D eigenvalue weighted by Crippen LogP contribution is 2.16. The van der Waals surface area contributed by atoms with Gasteiger partial charge in [0, 0.05) is 45.5 Å². The van der Waals surface area contributed by atoms with Crippen LogP contribution in [0.2, 0.25) is 0 Å². The Hall–Kier alpha value is -1.14. The first-order valence-corrected chi connectivity index (χ1v) is 11.3. The van der Waals surface area contributed by atoms with Crippen LogP contribution in [-0.4, -0.2) is 80.1 Å². The van der Waals surface area contributed by atoms with E-state index in [9.17, 15) is 8.42 Å². The summed E-state index contributed by atoms with van der Waals surface area (Å²) in [7, 11) is -3.32. The number of likely N-dealkylation sites (tertiary alicyclic amines) is 1. The molecule has 0 spiro atoms. The van der Waals surface area contributed by atoms with Crippen LogP contribution in [0.15, 0.2) is 29.4 Å². The zero-order chi connectivity index (χ0) is 19.3. The van der Waals surface area contributed by atoms with Gasteiger partial charge in [-0.2, -0.15) is 4.31 Å². The number of piperidine rings is 1. The smallest absolute Gasteiger partial charge is 0.216 e. The second kappa shape index (κ2) is 10.6. The van der Waals surface area contributed by atoms with Crippen molar-refractivity contribution in [2.75, 3.05) is 56.5 Å². The Morgan fingerprint density at radius 2 is 1.86 bits per heavy atom. The molecule has 8 nitrogen and oxygen atoms in total. The Bertz CT molecular complexity index is 730. The second-order valence-corrected chi connectivity index (χ2v) is 9.39. The largest absolute Gasteiger partial charge is 0.370 e. The number of nitrogens with two attached hydrogens (primary N) is 1. The Morgan fingerprint density at radius 1 is 1.18 bits per heavy atom. The molecule has 0 radical (unpaired) electrons. The van der Waals surface area contributed by atoms with Crippen LogP contribution in [0.4, 0.5) is 5.82 Å². The molecule has 10 heteroatoms. The Kier molecular flexibility index (Phi) is 8.75. The lowest BCUT2D eigenvalue weighted by Gasteiger charge is -2.34. The average Bonchev–Trinajstić information content (AvgIpc) is 2.69. The molecule has 2 aliphatic heterocycles. The number of aromatic nitrogens is 1. The van der Waals surface area contributed by atoms with Gasteiger partial charge < -0.3 is 15.5 Å². The molecule has 1 aromatic rings. The van der Waals surface area contributed by atoms with Crippen LogP contribution in [0, 0.1) is 5.92 Å². The second-order valence-electron chi connectivity index (χ2n) is 7.30. The van der Waals surface area contributed by atoms with Crippen molar-refractivity contribution in [3.05, 3.63) is 24.4 Å². The number of sulfonamides is 1. The van der Waals surface area contributed by atoms with E-state index >= 15 is 0 Å². The maximum atomic E-state index is 12.6. The summed E-state index contributed by atoms with van der Waals surface area (Å²) in [5.74, 6) is 2.08. The van der Waals surface area contributed by atoms with Crippen LogP contribution >= 0.6 is 24.0 Å². The van der Waals surface area contributed by atoms with Gasteiger partial charge in [-0.15, -0.1) is 24.0 Å². The molecule has 0 saturated carbocycles. The summed E-state index contributed by atoms with van der Waals surface area (Å²) in [5, 5.41) is 0. The zero-order valence-corrected chi connectivity index (χ0v) is 19.6. The molecule has 0 aromatic carbocycles. The van der Waals surface area contributed by atoms with E-state index in [1.54, 1.807) is 10.5 Å². The Morgan fingerprint density at radius 3 is 2.46 bits per heavy atom. The van der Waals surface area contributed by atoms with Gasteiger partial charge in [0.05, 0.1) is 12.3 Å². The summed E-state index contributed by atoms with van der Waals surface area (Å²) < 4.78 is 26.8. The number of guanidine groups is 1. The predicted octanol–water partition coefficient (Wildman–Crippen LogP) is 1.20. The summed E-state index contributed by atoms with van der Waals surface area (Å²) in [6, 6.07) is 5.76. The molecule has 2 aliphatic rings. The Labute approximate surface area is 185 Å². The third-order valence-corrected chi connectivity index (χ3v) is 7.19. The molecule has 0 aliphatic carbocycles. The van der Waals surface area contributed by atoms with Crippen molar-refractivity contribution in [2.24, 2.45) is 16.6 Å². The van der Waals surface area contributed by atoms with Crippen molar-refractivity contribution < 1.29 is 8.42 Å². The van der Waals surface area contributed by atoms with E-state index in [1.165, 1.54) is 0 Å². The van der Waals surface area contributed by atoms with E-state index in [-0.39, 0.29) is 36.3 Å². The first-order chi connectivity index (χ1) is 13.0. The molecule has 0 bridgehead atoms. The quantitative estimate of drug-likeness (QED) is 0.355. The van der Waals surface area contributed by atoms with E-state index < -0.39 is 10.0 Å². The van der Waals surface area contributed by atoms with Crippen LogP contribution in [-0.2, 0) is 10.0 Å². The zero-order valence-electron chi connectivity index (χ0n) is 16.4. The summed E-state index contributed by atoms with van der Waals surface area (Å²) in [6.07, 6.45) is 3.97. The molecule has 28 heavy (non-hydrogen) atoms. The van der Waals surface area contributed by atoms with Crippen molar-refractivity contribution in [1.82, 2.24) is 14.2 Å². The number of hydrogen-bond donors (Lipinski definition) is 1. The molecule has 0 unspecified atom stereocenters. The van der Waals surface area contributed by atoms with Crippen LogP contribution in [0.1, 0.15) is 19.8 Å². The molecule has 0 atom stereocenters. The standard InChI is InChI=1S/C18H30N6O2S.HI/c1-16-5-9-23(10-6-16)18(19)21-8-15-27(25,26)24-13-11-22(12-14-24)17-4-2-3-7-20-17;/h2-4,7,16H,5-6,8-15H2,1H3,(H2,19,21);1H. The lowest BCUT2D eigenvalue weighted by Crippen LogP contribution is -2.49. The molecule has 3 heterocycles. The highest BCUT2D eigenvalue weighted by molar-refractivity contribution is 14.0. The van der Waals surface area contributed by atoms with Crippen molar-refractivity contribution in [3.63, 3.8) is 0 Å². The minimum absolute atomic E-state index is 0. The number of anilines is 1. The highest BCUT2D eigenvalue weighted by Gasteiger charge is 2.27. The topological polar surface area (TPSA) is 95.1 Å². The number of aliphatic imine (C=N–C) groups is 1. The summed E-state index contributed by atoms with van der Waals surface area (Å²) in [4.78, 5) is 12.8. The van der Waals surface area contributed by atoms with E-state index in [4.69, 9.17) is 5.73 Å². The van der Waals surface area contributed by atoms with E-state index in [0.717, 1.165) is 37.7 Å². The summed E-state index contributed by atoms with van der Waals surface area (Å²) in [5.41, 5.74) is 6.04. The van der Waals surface area contributed by atoms with Gasteiger partial charge in [-0.05, 0) is 30.9 Å². The SMILES string of the molecule is CC1CCN(C(N)=NCCS(=O)(=O)N2CCN(c3ccccn3)CC2)CC1.I. The lowest BCUT2D eigenvalue weighted by atomic mass is 10.00. The predicted molar refractivity (Wildman–Crippen MR) is 124 cm³/mol.